The molecule has 6 nitrogen and oxygen atoms in total. The van der Waals surface area contributed by atoms with Gasteiger partial charge in [0.25, 0.3) is 0 Å². The van der Waals surface area contributed by atoms with Gasteiger partial charge in [0.2, 0.25) is 0 Å². The molecule has 0 fully saturated rings. The standard InChI is InChI=1S/C10H11N3O3/c1-13(9(11)14)5-6-2-3-8-7(4-6)12-10(15)16-8/h2-4H,5H2,1H3,(H2,11,14)(H,12,15). The van der Waals surface area contributed by atoms with E-state index in [1.807, 2.05) is 0 Å². The summed E-state index contributed by atoms with van der Waals surface area (Å²) in [7, 11) is 1.60. The van der Waals surface area contributed by atoms with Crippen molar-refractivity contribution in [1.29, 1.82) is 0 Å². The number of fused-ring (bicyclic) bond motifs is 1. The van der Waals surface area contributed by atoms with Gasteiger partial charge in [0, 0.05) is 13.6 Å². The number of oxazole rings is 1. The van der Waals surface area contributed by atoms with Gasteiger partial charge in [-0.3, -0.25) is 4.98 Å². The summed E-state index contributed by atoms with van der Waals surface area (Å²) in [4.78, 5) is 25.7. The van der Waals surface area contributed by atoms with E-state index in [1.54, 1.807) is 25.2 Å². The largest absolute Gasteiger partial charge is 0.417 e. The first kappa shape index (κ1) is 10.3. The van der Waals surface area contributed by atoms with E-state index < -0.39 is 11.8 Å². The van der Waals surface area contributed by atoms with Crippen molar-refractivity contribution in [3.63, 3.8) is 0 Å². The SMILES string of the molecule is CN(Cc1ccc2oc(=O)[nH]c2c1)C(N)=O. The molecular weight excluding hydrogens is 210 g/mol. The van der Waals surface area contributed by atoms with Crippen LogP contribution in [0.5, 0.6) is 0 Å². The van der Waals surface area contributed by atoms with Crippen LogP contribution < -0.4 is 11.5 Å². The Morgan fingerprint density at radius 3 is 3.00 bits per heavy atom. The number of H-pyrrole nitrogens is 1. The van der Waals surface area contributed by atoms with Crippen molar-refractivity contribution in [1.82, 2.24) is 9.88 Å². The normalized spacial score (nSPS) is 10.6. The maximum atomic E-state index is 10.9. The van der Waals surface area contributed by atoms with Crippen LogP contribution in [0.15, 0.2) is 27.4 Å². The molecule has 2 rings (SSSR count). The predicted octanol–water partition coefficient (Wildman–Crippen LogP) is 0.632. The Hall–Kier alpha value is -2.24. The van der Waals surface area contributed by atoms with Crippen LogP contribution >= 0.6 is 0 Å². The number of nitrogens with two attached hydrogens (primary N) is 1. The molecular formula is C10H11N3O3. The number of nitrogens with zero attached hydrogens (tertiary/aromatic N) is 1. The Bertz CT molecular complexity index is 584. The van der Waals surface area contributed by atoms with Gasteiger partial charge in [-0.05, 0) is 17.7 Å². The smallest absolute Gasteiger partial charge is 0.408 e. The first-order valence-corrected chi connectivity index (χ1v) is 4.68. The van der Waals surface area contributed by atoms with E-state index in [-0.39, 0.29) is 0 Å². The number of primary amides is 1. The van der Waals surface area contributed by atoms with Crippen LogP contribution in [-0.2, 0) is 6.54 Å². The van der Waals surface area contributed by atoms with E-state index in [2.05, 4.69) is 4.98 Å². The molecule has 2 aromatic rings. The highest BCUT2D eigenvalue weighted by atomic mass is 16.4. The lowest BCUT2D eigenvalue weighted by atomic mass is 10.2. The second-order valence-corrected chi connectivity index (χ2v) is 3.54. The van der Waals surface area contributed by atoms with Crippen molar-refractivity contribution in [2.45, 2.75) is 6.54 Å². The van der Waals surface area contributed by atoms with Crippen LogP contribution in [0.4, 0.5) is 4.79 Å². The molecule has 84 valence electrons. The molecule has 1 heterocycles. The molecule has 0 saturated carbocycles. The number of carbonyl (C=O) groups excluding carboxylic acids is 1. The second-order valence-electron chi connectivity index (χ2n) is 3.54. The number of amides is 2. The number of hydrogen-bond acceptors (Lipinski definition) is 3. The number of aromatic amines is 1. The van der Waals surface area contributed by atoms with Crippen molar-refractivity contribution >= 4 is 17.1 Å². The topological polar surface area (TPSA) is 92.3 Å². The number of aromatic nitrogens is 1. The third-order valence-electron chi connectivity index (χ3n) is 2.28. The third kappa shape index (κ3) is 1.90. The zero-order valence-corrected chi connectivity index (χ0v) is 8.69. The number of carbonyl (C=O) groups is 1. The van der Waals surface area contributed by atoms with Crippen molar-refractivity contribution < 1.29 is 9.21 Å². The summed E-state index contributed by atoms with van der Waals surface area (Å²) in [6.45, 7) is 0.387. The molecule has 6 heteroatoms. The number of hydrogen-bond donors (Lipinski definition) is 2. The molecule has 0 aliphatic heterocycles. The van der Waals surface area contributed by atoms with Gasteiger partial charge in [-0.25, -0.2) is 9.59 Å². The summed E-state index contributed by atoms with van der Waals surface area (Å²) in [5, 5.41) is 0. The zero-order valence-electron chi connectivity index (χ0n) is 8.69. The summed E-state index contributed by atoms with van der Waals surface area (Å²) in [5.41, 5.74) is 7.09. The van der Waals surface area contributed by atoms with E-state index in [9.17, 15) is 9.59 Å². The first-order chi connectivity index (χ1) is 7.56. The Labute approximate surface area is 90.6 Å². The van der Waals surface area contributed by atoms with E-state index in [1.165, 1.54) is 4.90 Å². The summed E-state index contributed by atoms with van der Waals surface area (Å²) >= 11 is 0. The number of benzene rings is 1. The molecule has 1 aromatic carbocycles. The van der Waals surface area contributed by atoms with Crippen molar-refractivity contribution in [3.05, 3.63) is 34.3 Å². The molecule has 0 spiro atoms. The summed E-state index contributed by atoms with van der Waals surface area (Å²) in [6, 6.07) is 4.70. The molecule has 16 heavy (non-hydrogen) atoms. The highest BCUT2D eigenvalue weighted by Gasteiger charge is 2.06. The third-order valence-corrected chi connectivity index (χ3v) is 2.28. The van der Waals surface area contributed by atoms with Crippen LogP contribution in [0.3, 0.4) is 0 Å². The molecule has 0 unspecified atom stereocenters. The van der Waals surface area contributed by atoms with Gasteiger partial charge in [0.05, 0.1) is 5.52 Å². The summed E-state index contributed by atoms with van der Waals surface area (Å²) in [6.07, 6.45) is 0. The molecule has 0 aliphatic rings. The number of rotatable bonds is 2. The van der Waals surface area contributed by atoms with Crippen LogP contribution in [0.1, 0.15) is 5.56 Å². The average Bonchev–Trinajstić information content (AvgIpc) is 2.57. The van der Waals surface area contributed by atoms with Gasteiger partial charge in [-0.15, -0.1) is 0 Å². The average molecular weight is 221 g/mol. The molecule has 1 aromatic heterocycles. The quantitative estimate of drug-likeness (QED) is 0.779. The highest BCUT2D eigenvalue weighted by molar-refractivity contribution is 5.74. The van der Waals surface area contributed by atoms with Crippen LogP contribution in [0.25, 0.3) is 11.1 Å². The molecule has 0 bridgehead atoms. The predicted molar refractivity (Wildman–Crippen MR) is 57.9 cm³/mol. The lowest BCUT2D eigenvalue weighted by Gasteiger charge is -2.13. The van der Waals surface area contributed by atoms with E-state index in [0.717, 1.165) is 5.56 Å². The fourth-order valence-electron chi connectivity index (χ4n) is 1.45. The number of urea groups is 1. The lowest BCUT2D eigenvalue weighted by Crippen LogP contribution is -2.31. The molecule has 0 radical (unpaired) electrons. The molecule has 0 saturated heterocycles. The Morgan fingerprint density at radius 2 is 2.31 bits per heavy atom. The highest BCUT2D eigenvalue weighted by Crippen LogP contribution is 2.13. The zero-order chi connectivity index (χ0) is 11.7. The molecule has 0 aliphatic carbocycles. The molecule has 2 amide bonds. The van der Waals surface area contributed by atoms with Gasteiger partial charge in [0.15, 0.2) is 5.58 Å². The Morgan fingerprint density at radius 1 is 1.56 bits per heavy atom. The maximum Gasteiger partial charge on any atom is 0.417 e. The molecule has 0 atom stereocenters. The minimum absolute atomic E-state index is 0.387. The van der Waals surface area contributed by atoms with Crippen molar-refractivity contribution in [3.8, 4) is 0 Å². The Kier molecular flexibility index (Phi) is 2.40. The van der Waals surface area contributed by atoms with E-state index in [0.29, 0.717) is 17.6 Å². The van der Waals surface area contributed by atoms with Crippen molar-refractivity contribution in [2.24, 2.45) is 5.73 Å². The van der Waals surface area contributed by atoms with E-state index in [4.69, 9.17) is 10.2 Å². The maximum absolute atomic E-state index is 10.9. The van der Waals surface area contributed by atoms with Crippen LogP contribution in [-0.4, -0.2) is 23.0 Å². The van der Waals surface area contributed by atoms with Crippen molar-refractivity contribution in [2.75, 3.05) is 7.05 Å². The minimum Gasteiger partial charge on any atom is -0.408 e. The minimum atomic E-state index is -0.499. The monoisotopic (exact) mass is 221 g/mol. The van der Waals surface area contributed by atoms with E-state index >= 15 is 0 Å². The lowest BCUT2D eigenvalue weighted by molar-refractivity contribution is 0.216. The van der Waals surface area contributed by atoms with Gasteiger partial charge in [0.1, 0.15) is 0 Å². The van der Waals surface area contributed by atoms with Crippen LogP contribution in [0.2, 0.25) is 0 Å². The molecule has 3 N–H and O–H groups in total. The van der Waals surface area contributed by atoms with Gasteiger partial charge < -0.3 is 15.1 Å². The first-order valence-electron chi connectivity index (χ1n) is 4.68. The second kappa shape index (κ2) is 3.73. The fourth-order valence-corrected chi connectivity index (χ4v) is 1.45. The Balaban J connectivity index is 2.32. The van der Waals surface area contributed by atoms with Gasteiger partial charge >= 0.3 is 11.8 Å². The van der Waals surface area contributed by atoms with Gasteiger partial charge in [-0.2, -0.15) is 0 Å². The summed E-state index contributed by atoms with van der Waals surface area (Å²) < 4.78 is 4.86. The fraction of sp³-hybridized carbons (Fsp3) is 0.200. The van der Waals surface area contributed by atoms with Gasteiger partial charge in [-0.1, -0.05) is 6.07 Å². The summed E-state index contributed by atoms with van der Waals surface area (Å²) in [5.74, 6) is -0.490. The van der Waals surface area contributed by atoms with Crippen LogP contribution in [0, 0.1) is 0 Å². The number of nitrogens with one attached hydrogen (secondary N) is 1.